The van der Waals surface area contributed by atoms with Gasteiger partial charge in [0.15, 0.2) is 5.76 Å². The van der Waals surface area contributed by atoms with Crippen molar-refractivity contribution in [2.45, 2.75) is 19.5 Å². The number of benzene rings is 1. The molecule has 0 aliphatic carbocycles. The van der Waals surface area contributed by atoms with Crippen LogP contribution in [0.4, 0.5) is 0 Å². The van der Waals surface area contributed by atoms with Crippen molar-refractivity contribution in [2.24, 2.45) is 0 Å². The molecule has 0 saturated heterocycles. The number of nitrogens with zero attached hydrogens (tertiary/aromatic N) is 3. The summed E-state index contributed by atoms with van der Waals surface area (Å²) in [4.78, 5) is 6.64. The van der Waals surface area contributed by atoms with Gasteiger partial charge in [-0.15, -0.1) is 0 Å². The third-order valence-corrected chi connectivity index (χ3v) is 3.46. The Morgan fingerprint density at radius 1 is 1.04 bits per heavy atom. The highest BCUT2D eigenvalue weighted by molar-refractivity contribution is 5.43. The van der Waals surface area contributed by atoms with E-state index in [9.17, 15) is 0 Å². The molecule has 0 fully saturated rings. The van der Waals surface area contributed by atoms with Gasteiger partial charge in [0.1, 0.15) is 6.26 Å². The summed E-state index contributed by atoms with van der Waals surface area (Å²) >= 11 is 0. The first-order chi connectivity index (χ1) is 11.3. The molecular formula is C18H17N3O2. The minimum absolute atomic E-state index is 0.477. The summed E-state index contributed by atoms with van der Waals surface area (Å²) in [6, 6.07) is 16.0. The summed E-state index contributed by atoms with van der Waals surface area (Å²) in [5, 5.41) is 8.85. The zero-order valence-corrected chi connectivity index (χ0v) is 12.7. The Bertz CT molecular complexity index is 757. The van der Waals surface area contributed by atoms with Crippen LogP contribution in [0.3, 0.4) is 0 Å². The fraction of sp³-hybridized carbons (Fsp3) is 0.222. The second-order valence-electron chi connectivity index (χ2n) is 5.23. The van der Waals surface area contributed by atoms with E-state index in [2.05, 4.69) is 28.1 Å². The quantitative estimate of drug-likeness (QED) is 0.663. The summed E-state index contributed by atoms with van der Waals surface area (Å²) < 4.78 is 10.8. The summed E-state index contributed by atoms with van der Waals surface area (Å²) in [6.07, 6.45) is 3.71. The average molecular weight is 307 g/mol. The number of hydrogen-bond donors (Lipinski definition) is 0. The van der Waals surface area contributed by atoms with Crippen LogP contribution in [0.2, 0.25) is 0 Å². The molecule has 1 aromatic carbocycles. The van der Waals surface area contributed by atoms with Gasteiger partial charge in [0.2, 0.25) is 0 Å². The number of rotatable bonds is 7. The van der Waals surface area contributed by atoms with E-state index in [1.54, 1.807) is 18.6 Å². The molecular weight excluding hydrogens is 290 g/mol. The number of oxazole rings is 1. The Kier molecular flexibility index (Phi) is 4.87. The summed E-state index contributed by atoms with van der Waals surface area (Å²) in [7, 11) is 0. The second kappa shape index (κ2) is 7.43. The van der Waals surface area contributed by atoms with E-state index < -0.39 is 0 Å². The van der Waals surface area contributed by atoms with Gasteiger partial charge in [-0.3, -0.25) is 4.90 Å². The molecule has 3 rings (SSSR count). The summed E-state index contributed by atoms with van der Waals surface area (Å²) in [5.74, 6) is 1.09. The first-order valence-corrected chi connectivity index (χ1v) is 7.46. The maximum absolute atomic E-state index is 8.85. The summed E-state index contributed by atoms with van der Waals surface area (Å²) in [6.45, 7) is 2.08. The van der Waals surface area contributed by atoms with Crippen molar-refractivity contribution in [2.75, 3.05) is 6.54 Å². The van der Waals surface area contributed by atoms with Crippen LogP contribution in [0, 0.1) is 11.3 Å². The van der Waals surface area contributed by atoms with Crippen LogP contribution < -0.4 is 0 Å². The number of aromatic nitrogens is 1. The fourth-order valence-electron chi connectivity index (χ4n) is 2.39. The molecule has 0 spiro atoms. The minimum Gasteiger partial charge on any atom is -0.459 e. The molecule has 0 aliphatic heterocycles. The predicted molar refractivity (Wildman–Crippen MR) is 85.0 cm³/mol. The Labute approximate surface area is 134 Å². The van der Waals surface area contributed by atoms with Gasteiger partial charge < -0.3 is 8.83 Å². The van der Waals surface area contributed by atoms with Gasteiger partial charge in [-0.25, -0.2) is 4.98 Å². The van der Waals surface area contributed by atoms with Gasteiger partial charge in [-0.05, 0) is 17.7 Å². The largest absolute Gasteiger partial charge is 0.459 e. The molecule has 116 valence electrons. The minimum atomic E-state index is 0.477. The lowest BCUT2D eigenvalue weighted by molar-refractivity contribution is 0.259. The van der Waals surface area contributed by atoms with E-state index in [0.29, 0.717) is 31.2 Å². The third-order valence-electron chi connectivity index (χ3n) is 3.46. The van der Waals surface area contributed by atoms with Crippen LogP contribution in [0.25, 0.3) is 11.7 Å². The highest BCUT2D eigenvalue weighted by atomic mass is 16.4. The molecule has 0 radical (unpaired) electrons. The maximum atomic E-state index is 8.85. The van der Waals surface area contributed by atoms with E-state index in [0.717, 1.165) is 12.2 Å². The molecule has 2 heterocycles. The van der Waals surface area contributed by atoms with Crippen molar-refractivity contribution in [3.05, 3.63) is 66.2 Å². The lowest BCUT2D eigenvalue weighted by atomic mass is 10.2. The molecule has 3 aromatic rings. The SMILES string of the molecule is N#CCCN(Cc1ccccc1)Cc1coc(-c2ccco2)n1. The number of hydrogen-bond acceptors (Lipinski definition) is 5. The molecule has 0 amide bonds. The molecule has 5 heteroatoms. The highest BCUT2D eigenvalue weighted by Gasteiger charge is 2.13. The van der Waals surface area contributed by atoms with Crippen LogP contribution in [0.5, 0.6) is 0 Å². The van der Waals surface area contributed by atoms with Crippen molar-refractivity contribution < 1.29 is 8.83 Å². The zero-order valence-electron chi connectivity index (χ0n) is 12.7. The second-order valence-corrected chi connectivity index (χ2v) is 5.23. The Morgan fingerprint density at radius 3 is 2.65 bits per heavy atom. The van der Waals surface area contributed by atoms with Crippen LogP contribution in [-0.2, 0) is 13.1 Å². The van der Waals surface area contributed by atoms with Crippen LogP contribution in [0.1, 0.15) is 17.7 Å². The number of furan rings is 1. The molecule has 23 heavy (non-hydrogen) atoms. The van der Waals surface area contributed by atoms with Crippen LogP contribution >= 0.6 is 0 Å². The van der Waals surface area contributed by atoms with E-state index >= 15 is 0 Å². The molecule has 0 N–H and O–H groups in total. The van der Waals surface area contributed by atoms with Gasteiger partial charge in [0, 0.05) is 26.1 Å². The van der Waals surface area contributed by atoms with Crippen molar-refractivity contribution in [3.63, 3.8) is 0 Å². The predicted octanol–water partition coefficient (Wildman–Crippen LogP) is 3.85. The van der Waals surface area contributed by atoms with Gasteiger partial charge in [-0.1, -0.05) is 30.3 Å². The summed E-state index contributed by atoms with van der Waals surface area (Å²) in [5.41, 5.74) is 2.03. The number of nitriles is 1. The molecule has 2 aromatic heterocycles. The monoisotopic (exact) mass is 307 g/mol. The Balaban J connectivity index is 1.69. The lowest BCUT2D eigenvalue weighted by Gasteiger charge is -2.19. The zero-order chi connectivity index (χ0) is 15.9. The standard InChI is InChI=1S/C18H17N3O2/c19-9-5-10-21(12-15-6-2-1-3-7-15)13-16-14-23-18(20-16)17-8-4-11-22-17/h1-4,6-8,11,14H,5,10,12-13H2. The smallest absolute Gasteiger partial charge is 0.263 e. The maximum Gasteiger partial charge on any atom is 0.263 e. The van der Waals surface area contributed by atoms with Crippen molar-refractivity contribution in [3.8, 4) is 17.7 Å². The van der Waals surface area contributed by atoms with Crippen LogP contribution in [-0.4, -0.2) is 16.4 Å². The molecule has 0 saturated carbocycles. The normalized spacial score (nSPS) is 10.8. The van der Waals surface area contributed by atoms with E-state index in [1.165, 1.54) is 5.56 Å². The molecule has 0 bridgehead atoms. The van der Waals surface area contributed by atoms with E-state index in [-0.39, 0.29) is 0 Å². The molecule has 0 aliphatic rings. The lowest BCUT2D eigenvalue weighted by Crippen LogP contribution is -2.24. The molecule has 0 atom stereocenters. The van der Waals surface area contributed by atoms with Gasteiger partial charge in [0.05, 0.1) is 18.0 Å². The Hall–Kier alpha value is -2.84. The van der Waals surface area contributed by atoms with E-state index in [4.69, 9.17) is 14.1 Å². The van der Waals surface area contributed by atoms with Crippen molar-refractivity contribution >= 4 is 0 Å². The first-order valence-electron chi connectivity index (χ1n) is 7.46. The van der Waals surface area contributed by atoms with E-state index in [1.807, 2.05) is 24.3 Å². The van der Waals surface area contributed by atoms with Gasteiger partial charge >= 0.3 is 0 Å². The highest BCUT2D eigenvalue weighted by Crippen LogP contribution is 2.20. The van der Waals surface area contributed by atoms with Crippen LogP contribution in [0.15, 0.2) is 63.8 Å². The molecule has 5 nitrogen and oxygen atoms in total. The van der Waals surface area contributed by atoms with Crippen molar-refractivity contribution in [1.29, 1.82) is 5.26 Å². The van der Waals surface area contributed by atoms with Crippen molar-refractivity contribution in [1.82, 2.24) is 9.88 Å². The van der Waals surface area contributed by atoms with Gasteiger partial charge in [0.25, 0.3) is 5.89 Å². The third kappa shape index (κ3) is 4.09. The van der Waals surface area contributed by atoms with Gasteiger partial charge in [-0.2, -0.15) is 5.26 Å². The molecule has 0 unspecified atom stereocenters. The first kappa shape index (κ1) is 15.1. The topological polar surface area (TPSA) is 66.2 Å². The Morgan fingerprint density at radius 2 is 1.91 bits per heavy atom. The fourth-order valence-corrected chi connectivity index (χ4v) is 2.39. The average Bonchev–Trinajstić information content (AvgIpc) is 3.25.